The van der Waals surface area contributed by atoms with Crippen molar-refractivity contribution in [3.63, 3.8) is 0 Å². The maximum absolute atomic E-state index is 12.8. The average Bonchev–Trinajstić information content (AvgIpc) is 2.92. The summed E-state index contributed by atoms with van der Waals surface area (Å²) in [6, 6.07) is 0. The van der Waals surface area contributed by atoms with E-state index in [4.69, 9.17) is 11.6 Å². The molecule has 2 aromatic rings. The van der Waals surface area contributed by atoms with Gasteiger partial charge < -0.3 is 5.32 Å². The van der Waals surface area contributed by atoms with E-state index in [1.165, 1.54) is 4.68 Å². The van der Waals surface area contributed by atoms with Gasteiger partial charge in [-0.2, -0.15) is 10.2 Å². The normalized spacial score (nSPS) is 11.3. The van der Waals surface area contributed by atoms with Crippen molar-refractivity contribution in [3.05, 3.63) is 27.8 Å². The molecule has 2 heterocycles. The lowest BCUT2D eigenvalue weighted by Gasteiger charge is -2.07. The molecule has 126 valence electrons. The maximum atomic E-state index is 12.8. The lowest BCUT2D eigenvalue weighted by atomic mass is 10.3. The summed E-state index contributed by atoms with van der Waals surface area (Å²) in [6.45, 7) is 7.62. The van der Waals surface area contributed by atoms with Gasteiger partial charge >= 0.3 is 0 Å². The summed E-state index contributed by atoms with van der Waals surface area (Å²) in [5.74, 6) is -0.380. The Morgan fingerprint density at radius 2 is 1.87 bits per heavy atom. The first-order valence-corrected chi connectivity index (χ1v) is 7.48. The van der Waals surface area contributed by atoms with Crippen molar-refractivity contribution in [2.24, 2.45) is 0 Å². The predicted molar refractivity (Wildman–Crippen MR) is 82.9 cm³/mol. The summed E-state index contributed by atoms with van der Waals surface area (Å²) in [5.41, 5.74) is 1.97. The zero-order valence-electron chi connectivity index (χ0n) is 13.3. The molecule has 0 saturated heterocycles. The molecular weight excluding hydrogens is 328 g/mol. The molecule has 23 heavy (non-hydrogen) atoms. The van der Waals surface area contributed by atoms with Crippen LogP contribution in [0.1, 0.15) is 36.1 Å². The molecule has 0 aliphatic carbocycles. The van der Waals surface area contributed by atoms with Gasteiger partial charge in [0.2, 0.25) is 5.91 Å². The number of anilines is 1. The van der Waals surface area contributed by atoms with E-state index in [2.05, 4.69) is 15.5 Å². The lowest BCUT2D eigenvalue weighted by molar-refractivity contribution is -0.117. The zero-order chi connectivity index (χ0) is 17.3. The number of hydrogen-bond acceptors (Lipinski definition) is 3. The van der Waals surface area contributed by atoms with Gasteiger partial charge in [-0.3, -0.25) is 14.2 Å². The Labute approximate surface area is 137 Å². The van der Waals surface area contributed by atoms with Gasteiger partial charge in [0.05, 0.1) is 27.8 Å². The lowest BCUT2D eigenvalue weighted by Crippen LogP contribution is -2.21. The van der Waals surface area contributed by atoms with Gasteiger partial charge in [-0.05, 0) is 27.7 Å². The fraction of sp³-hybridized carbons (Fsp3) is 0.500. The molecule has 0 aromatic carbocycles. The highest BCUT2D eigenvalue weighted by Gasteiger charge is 2.22. The third-order valence-electron chi connectivity index (χ3n) is 3.60. The minimum atomic E-state index is -2.78. The number of amides is 1. The molecule has 0 bridgehead atoms. The van der Waals surface area contributed by atoms with E-state index in [1.807, 2.05) is 13.8 Å². The molecule has 0 fully saturated rings. The Bertz CT molecular complexity index is 738. The zero-order valence-corrected chi connectivity index (χ0v) is 14.1. The standard InChI is InChI=1S/C14H18ClF2N5O/c1-5-21-9(4)12(7(2)19-21)18-10(23)6-22-8(3)11(15)13(20-22)14(16)17/h14H,5-6H2,1-4H3,(H,18,23). The van der Waals surface area contributed by atoms with Crippen molar-refractivity contribution in [2.75, 3.05) is 5.32 Å². The highest BCUT2D eigenvalue weighted by atomic mass is 35.5. The van der Waals surface area contributed by atoms with Crippen molar-refractivity contribution >= 4 is 23.2 Å². The maximum Gasteiger partial charge on any atom is 0.283 e. The average molecular weight is 346 g/mol. The van der Waals surface area contributed by atoms with Crippen LogP contribution in [0.2, 0.25) is 5.02 Å². The SMILES string of the molecule is CCn1nc(C)c(NC(=O)Cn2nc(C(F)F)c(Cl)c2C)c1C. The van der Waals surface area contributed by atoms with Crippen LogP contribution in [-0.4, -0.2) is 25.5 Å². The second-order valence-electron chi connectivity index (χ2n) is 5.15. The molecule has 2 rings (SSSR count). The van der Waals surface area contributed by atoms with E-state index >= 15 is 0 Å². The Kier molecular flexibility index (Phi) is 5.03. The van der Waals surface area contributed by atoms with E-state index in [0.29, 0.717) is 23.6 Å². The van der Waals surface area contributed by atoms with E-state index < -0.39 is 12.1 Å². The number of halogens is 3. The van der Waals surface area contributed by atoms with E-state index in [-0.39, 0.29) is 17.5 Å². The number of carbonyl (C=O) groups is 1. The number of hydrogen-bond donors (Lipinski definition) is 1. The minimum Gasteiger partial charge on any atom is -0.321 e. The van der Waals surface area contributed by atoms with Gasteiger partial charge in [-0.1, -0.05) is 11.6 Å². The van der Waals surface area contributed by atoms with Crippen LogP contribution >= 0.6 is 11.6 Å². The number of alkyl halides is 2. The number of nitrogens with one attached hydrogen (secondary N) is 1. The van der Waals surface area contributed by atoms with Crippen molar-refractivity contribution in [1.82, 2.24) is 19.6 Å². The molecular formula is C14H18ClF2N5O. The van der Waals surface area contributed by atoms with E-state index in [9.17, 15) is 13.6 Å². The van der Waals surface area contributed by atoms with Crippen molar-refractivity contribution < 1.29 is 13.6 Å². The molecule has 2 aromatic heterocycles. The van der Waals surface area contributed by atoms with Crippen molar-refractivity contribution in [1.29, 1.82) is 0 Å². The third kappa shape index (κ3) is 3.36. The van der Waals surface area contributed by atoms with Gasteiger partial charge in [-0.25, -0.2) is 8.78 Å². The Morgan fingerprint density at radius 3 is 2.35 bits per heavy atom. The van der Waals surface area contributed by atoms with Gasteiger partial charge in [-0.15, -0.1) is 0 Å². The van der Waals surface area contributed by atoms with Gasteiger partial charge in [0.1, 0.15) is 12.2 Å². The predicted octanol–water partition coefficient (Wildman–Crippen LogP) is 3.25. The minimum absolute atomic E-state index is 0.112. The number of aromatic nitrogens is 4. The largest absolute Gasteiger partial charge is 0.321 e. The summed E-state index contributed by atoms with van der Waals surface area (Å²) in [5, 5.41) is 10.7. The van der Waals surface area contributed by atoms with Gasteiger partial charge in [0.25, 0.3) is 6.43 Å². The topological polar surface area (TPSA) is 64.7 Å². The second-order valence-corrected chi connectivity index (χ2v) is 5.53. The first-order valence-electron chi connectivity index (χ1n) is 7.11. The Hall–Kier alpha value is -1.96. The fourth-order valence-corrected chi connectivity index (χ4v) is 2.56. The monoisotopic (exact) mass is 345 g/mol. The highest BCUT2D eigenvalue weighted by Crippen LogP contribution is 2.28. The molecule has 0 aliphatic heterocycles. The third-order valence-corrected chi connectivity index (χ3v) is 4.07. The van der Waals surface area contributed by atoms with Crippen LogP contribution in [0.4, 0.5) is 14.5 Å². The van der Waals surface area contributed by atoms with Gasteiger partial charge in [0.15, 0.2) is 0 Å². The van der Waals surface area contributed by atoms with Crippen molar-refractivity contribution in [3.8, 4) is 0 Å². The Balaban J connectivity index is 2.18. The van der Waals surface area contributed by atoms with E-state index in [1.54, 1.807) is 18.5 Å². The first kappa shape index (κ1) is 17.4. The van der Waals surface area contributed by atoms with Gasteiger partial charge in [0, 0.05) is 6.54 Å². The molecule has 1 amide bonds. The summed E-state index contributed by atoms with van der Waals surface area (Å²) < 4.78 is 28.5. The first-order chi connectivity index (χ1) is 10.8. The summed E-state index contributed by atoms with van der Waals surface area (Å²) >= 11 is 5.82. The fourth-order valence-electron chi connectivity index (χ4n) is 2.34. The van der Waals surface area contributed by atoms with Crippen LogP contribution in [0.3, 0.4) is 0 Å². The molecule has 0 radical (unpaired) electrons. The number of aryl methyl sites for hydroxylation is 2. The molecule has 0 atom stereocenters. The molecule has 9 heteroatoms. The molecule has 1 N–H and O–H groups in total. The quantitative estimate of drug-likeness (QED) is 0.904. The molecule has 0 aliphatic rings. The molecule has 6 nitrogen and oxygen atoms in total. The van der Waals surface area contributed by atoms with Crippen LogP contribution in [0.5, 0.6) is 0 Å². The van der Waals surface area contributed by atoms with Crippen LogP contribution in [0.25, 0.3) is 0 Å². The summed E-state index contributed by atoms with van der Waals surface area (Å²) in [7, 11) is 0. The molecule has 0 saturated carbocycles. The molecule has 0 unspecified atom stereocenters. The van der Waals surface area contributed by atoms with Crippen LogP contribution < -0.4 is 5.32 Å². The second kappa shape index (κ2) is 6.66. The summed E-state index contributed by atoms with van der Waals surface area (Å²) in [6.07, 6.45) is -2.78. The Morgan fingerprint density at radius 1 is 1.22 bits per heavy atom. The summed E-state index contributed by atoms with van der Waals surface area (Å²) in [4.78, 5) is 12.2. The van der Waals surface area contributed by atoms with Crippen LogP contribution in [-0.2, 0) is 17.9 Å². The highest BCUT2D eigenvalue weighted by molar-refractivity contribution is 6.31. The van der Waals surface area contributed by atoms with Crippen LogP contribution in [0.15, 0.2) is 0 Å². The number of carbonyl (C=O) groups excluding carboxylic acids is 1. The number of rotatable bonds is 5. The van der Waals surface area contributed by atoms with E-state index in [0.717, 1.165) is 5.69 Å². The smallest absolute Gasteiger partial charge is 0.283 e. The van der Waals surface area contributed by atoms with Crippen LogP contribution in [0, 0.1) is 20.8 Å². The van der Waals surface area contributed by atoms with Crippen molar-refractivity contribution in [2.45, 2.75) is 47.2 Å². The number of nitrogens with zero attached hydrogens (tertiary/aromatic N) is 4. The molecule has 0 spiro atoms.